The Morgan fingerprint density at radius 1 is 0.679 bits per heavy atom. The molecular formula is C26H50O2. The fourth-order valence-corrected chi connectivity index (χ4v) is 4.02. The lowest BCUT2D eigenvalue weighted by Gasteiger charge is -2.14. The summed E-state index contributed by atoms with van der Waals surface area (Å²) in [5.41, 5.74) is 0.366. The van der Waals surface area contributed by atoms with E-state index in [1.54, 1.807) is 0 Å². The molecule has 0 aliphatic carbocycles. The van der Waals surface area contributed by atoms with Crippen molar-refractivity contribution in [3.63, 3.8) is 0 Å². The first-order chi connectivity index (χ1) is 13.6. The highest BCUT2D eigenvalue weighted by molar-refractivity contribution is 5.85. The van der Waals surface area contributed by atoms with Crippen LogP contribution in [0.1, 0.15) is 142 Å². The number of rotatable bonds is 22. The Balaban J connectivity index is 3.30. The van der Waals surface area contributed by atoms with Crippen LogP contribution in [0.2, 0.25) is 0 Å². The Morgan fingerprint density at radius 2 is 1.07 bits per heavy atom. The second-order valence-corrected chi connectivity index (χ2v) is 8.81. The minimum atomic E-state index is -0.836. The van der Waals surface area contributed by atoms with Crippen molar-refractivity contribution in [3.8, 4) is 0 Å². The molecule has 0 rings (SSSR count). The Kier molecular flexibility index (Phi) is 20.3. The number of carbonyl (C=O) groups is 1. The van der Waals surface area contributed by atoms with Crippen LogP contribution in [0.25, 0.3) is 0 Å². The lowest BCUT2D eigenvalue weighted by Crippen LogP contribution is -2.04. The van der Waals surface area contributed by atoms with Crippen molar-refractivity contribution in [2.24, 2.45) is 5.92 Å². The Bertz CT molecular complexity index is 361. The highest BCUT2D eigenvalue weighted by atomic mass is 16.4. The monoisotopic (exact) mass is 394 g/mol. The summed E-state index contributed by atoms with van der Waals surface area (Å²) in [4.78, 5) is 10.8. The van der Waals surface area contributed by atoms with Crippen LogP contribution in [-0.4, -0.2) is 11.1 Å². The van der Waals surface area contributed by atoms with Gasteiger partial charge >= 0.3 is 5.97 Å². The molecule has 1 atom stereocenters. The molecule has 0 heterocycles. The van der Waals surface area contributed by atoms with Gasteiger partial charge in [0.15, 0.2) is 0 Å². The van der Waals surface area contributed by atoms with Gasteiger partial charge < -0.3 is 5.11 Å². The van der Waals surface area contributed by atoms with Crippen molar-refractivity contribution in [3.05, 3.63) is 12.2 Å². The van der Waals surface area contributed by atoms with Gasteiger partial charge in [-0.25, -0.2) is 4.79 Å². The molecule has 2 heteroatoms. The van der Waals surface area contributed by atoms with Crippen LogP contribution in [0.5, 0.6) is 0 Å². The van der Waals surface area contributed by atoms with E-state index in [0.29, 0.717) is 17.9 Å². The normalized spacial score (nSPS) is 12.2. The molecular weight excluding hydrogens is 344 g/mol. The molecule has 0 bridgehead atoms. The maximum Gasteiger partial charge on any atom is 0.330 e. The topological polar surface area (TPSA) is 37.3 Å². The summed E-state index contributed by atoms with van der Waals surface area (Å²) in [5, 5.41) is 8.89. The second kappa shape index (κ2) is 20.9. The second-order valence-electron chi connectivity index (χ2n) is 8.81. The summed E-state index contributed by atoms with van der Waals surface area (Å²) in [6.07, 6.45) is 26.6. The molecule has 0 amide bonds. The maximum absolute atomic E-state index is 10.8. The predicted octanol–water partition coefficient (Wildman–Crippen LogP) is 9.09. The summed E-state index contributed by atoms with van der Waals surface area (Å²) < 4.78 is 0. The molecule has 0 aromatic carbocycles. The lowest BCUT2D eigenvalue weighted by atomic mass is 9.92. The van der Waals surface area contributed by atoms with Crippen LogP contribution in [0, 0.1) is 5.92 Å². The first-order valence-corrected chi connectivity index (χ1v) is 12.5. The van der Waals surface area contributed by atoms with E-state index >= 15 is 0 Å². The van der Waals surface area contributed by atoms with Crippen LogP contribution < -0.4 is 0 Å². The van der Waals surface area contributed by atoms with Crippen molar-refractivity contribution >= 4 is 5.97 Å². The minimum absolute atomic E-state index is 0.366. The van der Waals surface area contributed by atoms with E-state index in [0.717, 1.165) is 12.8 Å². The van der Waals surface area contributed by atoms with Crippen molar-refractivity contribution < 1.29 is 9.90 Å². The molecule has 1 unspecified atom stereocenters. The van der Waals surface area contributed by atoms with Gasteiger partial charge in [-0.05, 0) is 18.8 Å². The third-order valence-corrected chi connectivity index (χ3v) is 6.20. The number of carboxylic acids is 1. The van der Waals surface area contributed by atoms with E-state index < -0.39 is 5.97 Å². The Morgan fingerprint density at radius 3 is 1.43 bits per heavy atom. The van der Waals surface area contributed by atoms with Crippen LogP contribution >= 0.6 is 0 Å². The Hall–Kier alpha value is -0.790. The van der Waals surface area contributed by atoms with E-state index in [4.69, 9.17) is 5.11 Å². The van der Waals surface area contributed by atoms with Crippen molar-refractivity contribution in [2.75, 3.05) is 0 Å². The minimum Gasteiger partial charge on any atom is -0.478 e. The number of aliphatic carboxylic acids is 1. The molecule has 28 heavy (non-hydrogen) atoms. The number of carboxylic acid groups (broad SMARTS) is 1. The summed E-state index contributed by atoms with van der Waals surface area (Å²) >= 11 is 0. The van der Waals surface area contributed by atoms with Crippen LogP contribution in [0.4, 0.5) is 0 Å². The van der Waals surface area contributed by atoms with Gasteiger partial charge in [-0.3, -0.25) is 0 Å². The zero-order valence-corrected chi connectivity index (χ0v) is 19.3. The third kappa shape index (κ3) is 18.6. The number of unbranched alkanes of at least 4 members (excludes halogenated alkanes) is 15. The highest BCUT2D eigenvalue weighted by Gasteiger charge is 2.10. The maximum atomic E-state index is 10.8. The zero-order valence-electron chi connectivity index (χ0n) is 19.3. The summed E-state index contributed by atoms with van der Waals surface area (Å²) in [6, 6.07) is 0. The summed E-state index contributed by atoms with van der Waals surface area (Å²) in [7, 11) is 0. The van der Waals surface area contributed by atoms with Gasteiger partial charge in [0.2, 0.25) is 0 Å². The molecule has 0 aromatic heterocycles. The van der Waals surface area contributed by atoms with Crippen molar-refractivity contribution in [1.82, 2.24) is 0 Å². The van der Waals surface area contributed by atoms with Crippen LogP contribution in [0.15, 0.2) is 12.2 Å². The summed E-state index contributed by atoms with van der Waals surface area (Å²) in [5.74, 6) is -0.167. The van der Waals surface area contributed by atoms with Gasteiger partial charge in [-0.15, -0.1) is 0 Å². The van der Waals surface area contributed by atoms with Gasteiger partial charge in [0.25, 0.3) is 0 Å². The first kappa shape index (κ1) is 27.2. The van der Waals surface area contributed by atoms with Gasteiger partial charge in [0.05, 0.1) is 0 Å². The van der Waals surface area contributed by atoms with Crippen molar-refractivity contribution in [2.45, 2.75) is 142 Å². The quantitative estimate of drug-likeness (QED) is 0.147. The Labute approximate surface area is 176 Å². The fraction of sp³-hybridized carbons (Fsp3) is 0.885. The molecule has 0 aliphatic heterocycles. The predicted molar refractivity (Wildman–Crippen MR) is 124 cm³/mol. The molecule has 0 spiro atoms. The van der Waals surface area contributed by atoms with E-state index in [2.05, 4.69) is 20.4 Å². The fourth-order valence-electron chi connectivity index (χ4n) is 4.02. The van der Waals surface area contributed by atoms with Gasteiger partial charge in [-0.1, -0.05) is 136 Å². The molecule has 1 N–H and O–H groups in total. The smallest absolute Gasteiger partial charge is 0.330 e. The largest absolute Gasteiger partial charge is 0.478 e. The first-order valence-electron chi connectivity index (χ1n) is 12.5. The molecule has 0 aliphatic rings. The van der Waals surface area contributed by atoms with E-state index in [9.17, 15) is 4.79 Å². The van der Waals surface area contributed by atoms with Crippen LogP contribution in [-0.2, 0) is 4.79 Å². The average molecular weight is 395 g/mol. The molecule has 166 valence electrons. The molecule has 0 saturated carbocycles. The lowest BCUT2D eigenvalue weighted by molar-refractivity contribution is -0.132. The van der Waals surface area contributed by atoms with E-state index in [1.165, 1.54) is 109 Å². The van der Waals surface area contributed by atoms with E-state index in [-0.39, 0.29) is 0 Å². The van der Waals surface area contributed by atoms with Crippen LogP contribution in [0.3, 0.4) is 0 Å². The van der Waals surface area contributed by atoms with E-state index in [1.807, 2.05) is 0 Å². The average Bonchev–Trinajstić information content (AvgIpc) is 2.69. The number of hydrogen-bond acceptors (Lipinski definition) is 1. The third-order valence-electron chi connectivity index (χ3n) is 6.20. The summed E-state index contributed by atoms with van der Waals surface area (Å²) in [6.45, 7) is 8.15. The standard InChI is InChI=1S/C26H50O2/c1-4-6-7-8-9-10-11-12-13-14-15-16-17-18-19-20-21-25(5-2)23-22-24(3)26(27)28/h25H,3-23H2,1-2H3,(H,27,28). The molecule has 0 fully saturated rings. The SMILES string of the molecule is C=C(CCC(CC)CCCCCCCCCCCCCCCCCC)C(=O)O. The van der Waals surface area contributed by atoms with Gasteiger partial charge in [-0.2, -0.15) is 0 Å². The zero-order chi connectivity index (χ0) is 20.9. The van der Waals surface area contributed by atoms with Gasteiger partial charge in [0, 0.05) is 5.57 Å². The number of hydrogen-bond donors (Lipinski definition) is 1. The molecule has 0 aromatic rings. The van der Waals surface area contributed by atoms with Crippen molar-refractivity contribution in [1.29, 1.82) is 0 Å². The van der Waals surface area contributed by atoms with Gasteiger partial charge in [0.1, 0.15) is 0 Å². The molecule has 2 nitrogen and oxygen atoms in total. The highest BCUT2D eigenvalue weighted by Crippen LogP contribution is 2.22. The molecule has 0 radical (unpaired) electrons. The molecule has 0 saturated heterocycles.